The predicted octanol–water partition coefficient (Wildman–Crippen LogP) is 3.28. The van der Waals surface area contributed by atoms with Gasteiger partial charge in [-0.3, -0.25) is 14.6 Å². The fourth-order valence-electron chi connectivity index (χ4n) is 3.01. The van der Waals surface area contributed by atoms with E-state index in [2.05, 4.69) is 20.3 Å². The lowest BCUT2D eigenvalue weighted by Gasteiger charge is -2.22. The second-order valence-corrected chi connectivity index (χ2v) is 7.03. The van der Waals surface area contributed by atoms with E-state index in [-0.39, 0.29) is 23.4 Å². The molecular weight excluding hydrogens is 352 g/mol. The molecule has 0 aliphatic heterocycles. The van der Waals surface area contributed by atoms with Crippen molar-refractivity contribution in [3.8, 4) is 11.4 Å². The molecule has 144 valence electrons. The Labute approximate surface area is 164 Å². The Morgan fingerprint density at radius 1 is 1.11 bits per heavy atom. The molecule has 0 unspecified atom stereocenters. The average molecular weight is 376 g/mol. The van der Waals surface area contributed by atoms with Crippen molar-refractivity contribution in [2.75, 3.05) is 0 Å². The zero-order valence-electron chi connectivity index (χ0n) is 16.1. The number of H-pyrrole nitrogens is 1. The van der Waals surface area contributed by atoms with E-state index >= 15 is 0 Å². The highest BCUT2D eigenvalue weighted by Crippen LogP contribution is 2.21. The molecule has 1 atom stereocenters. The number of aryl methyl sites for hydroxylation is 1. The van der Waals surface area contributed by atoms with E-state index < -0.39 is 0 Å². The number of hydrogen-bond donors (Lipinski definition) is 2. The molecule has 0 fully saturated rings. The first-order chi connectivity index (χ1) is 13.5. The van der Waals surface area contributed by atoms with Crippen molar-refractivity contribution in [2.45, 2.75) is 32.7 Å². The summed E-state index contributed by atoms with van der Waals surface area (Å²) < 4.78 is 0. The quantitative estimate of drug-likeness (QED) is 0.662. The Hall–Kier alpha value is -3.28. The summed E-state index contributed by atoms with van der Waals surface area (Å²) in [5, 5.41) is 3.04. The molecule has 6 heteroatoms. The highest BCUT2D eigenvalue weighted by molar-refractivity contribution is 5.76. The third kappa shape index (κ3) is 5.13. The number of aromatic amines is 1. The number of carbonyl (C=O) groups is 1. The van der Waals surface area contributed by atoms with Gasteiger partial charge in [-0.2, -0.15) is 0 Å². The Morgan fingerprint density at radius 2 is 1.82 bits per heavy atom. The standard InChI is InChI=1S/C22H24N4O2/c1-15(2)21(25-19(27)9-8-16-6-4-3-5-7-16)18-14-20(28)26-22(24-18)17-10-12-23-13-11-17/h3-7,10-15,21H,8-9H2,1-2H3,(H,25,27)(H,24,26,28)/t21-/m1/s1. The van der Waals surface area contributed by atoms with Gasteiger partial charge in [0.05, 0.1) is 11.7 Å². The average Bonchev–Trinajstić information content (AvgIpc) is 2.71. The van der Waals surface area contributed by atoms with Crippen LogP contribution in [0.15, 0.2) is 65.7 Å². The molecule has 0 saturated heterocycles. The van der Waals surface area contributed by atoms with Crippen LogP contribution in [-0.4, -0.2) is 20.9 Å². The minimum Gasteiger partial charge on any atom is -0.347 e. The van der Waals surface area contributed by atoms with Crippen LogP contribution < -0.4 is 10.9 Å². The molecule has 0 bridgehead atoms. The van der Waals surface area contributed by atoms with E-state index in [1.165, 1.54) is 6.07 Å². The largest absolute Gasteiger partial charge is 0.347 e. The maximum absolute atomic E-state index is 12.5. The van der Waals surface area contributed by atoms with Crippen molar-refractivity contribution in [2.24, 2.45) is 5.92 Å². The Morgan fingerprint density at radius 3 is 2.50 bits per heavy atom. The SMILES string of the molecule is CC(C)[C@@H](NC(=O)CCc1ccccc1)c1cc(=O)[nH]c(-c2ccncc2)n1. The first-order valence-corrected chi connectivity index (χ1v) is 9.38. The zero-order valence-corrected chi connectivity index (χ0v) is 16.1. The fraction of sp³-hybridized carbons (Fsp3) is 0.273. The van der Waals surface area contributed by atoms with Crippen LogP contribution in [0.1, 0.15) is 37.6 Å². The van der Waals surface area contributed by atoms with Crippen LogP contribution in [0.4, 0.5) is 0 Å². The molecule has 0 radical (unpaired) electrons. The van der Waals surface area contributed by atoms with Gasteiger partial charge in [-0.05, 0) is 30.0 Å². The molecule has 0 spiro atoms. The third-order valence-electron chi connectivity index (χ3n) is 4.50. The number of rotatable bonds is 7. The number of carbonyl (C=O) groups excluding carboxylic acids is 1. The summed E-state index contributed by atoms with van der Waals surface area (Å²) in [6, 6.07) is 14.6. The molecule has 0 aliphatic rings. The lowest BCUT2D eigenvalue weighted by atomic mass is 9.99. The van der Waals surface area contributed by atoms with Gasteiger partial charge in [0.1, 0.15) is 5.82 Å². The summed E-state index contributed by atoms with van der Waals surface area (Å²) in [4.78, 5) is 36.0. The van der Waals surface area contributed by atoms with Crippen molar-refractivity contribution >= 4 is 5.91 Å². The number of amides is 1. The number of pyridine rings is 1. The van der Waals surface area contributed by atoms with Crippen molar-refractivity contribution < 1.29 is 4.79 Å². The second-order valence-electron chi connectivity index (χ2n) is 7.03. The van der Waals surface area contributed by atoms with Crippen LogP contribution in [0, 0.1) is 5.92 Å². The molecule has 2 heterocycles. The molecule has 3 aromatic rings. The van der Waals surface area contributed by atoms with Gasteiger partial charge in [0, 0.05) is 30.4 Å². The molecule has 2 aromatic heterocycles. The summed E-state index contributed by atoms with van der Waals surface area (Å²) in [5.74, 6) is 0.490. The van der Waals surface area contributed by atoms with E-state index in [9.17, 15) is 9.59 Å². The summed E-state index contributed by atoms with van der Waals surface area (Å²) in [6.07, 6.45) is 4.34. The van der Waals surface area contributed by atoms with Crippen LogP contribution in [0.5, 0.6) is 0 Å². The monoisotopic (exact) mass is 376 g/mol. The third-order valence-corrected chi connectivity index (χ3v) is 4.50. The number of hydrogen-bond acceptors (Lipinski definition) is 4. The smallest absolute Gasteiger partial charge is 0.251 e. The highest BCUT2D eigenvalue weighted by Gasteiger charge is 2.21. The Bertz CT molecular complexity index is 969. The lowest BCUT2D eigenvalue weighted by Crippen LogP contribution is -2.33. The van der Waals surface area contributed by atoms with Crippen LogP contribution >= 0.6 is 0 Å². The van der Waals surface area contributed by atoms with Gasteiger partial charge in [0.15, 0.2) is 0 Å². The maximum atomic E-state index is 12.5. The minimum absolute atomic E-state index is 0.0601. The van der Waals surface area contributed by atoms with Crippen molar-refractivity contribution in [1.29, 1.82) is 0 Å². The van der Waals surface area contributed by atoms with E-state index in [1.807, 2.05) is 44.2 Å². The van der Waals surface area contributed by atoms with Crippen molar-refractivity contribution in [1.82, 2.24) is 20.3 Å². The molecule has 28 heavy (non-hydrogen) atoms. The van der Waals surface area contributed by atoms with Gasteiger partial charge in [-0.15, -0.1) is 0 Å². The molecule has 1 aromatic carbocycles. The highest BCUT2D eigenvalue weighted by atomic mass is 16.1. The lowest BCUT2D eigenvalue weighted by molar-refractivity contribution is -0.122. The molecule has 2 N–H and O–H groups in total. The van der Waals surface area contributed by atoms with E-state index in [4.69, 9.17) is 0 Å². The first kappa shape index (κ1) is 19.5. The van der Waals surface area contributed by atoms with E-state index in [1.54, 1.807) is 24.5 Å². The molecular formula is C22H24N4O2. The van der Waals surface area contributed by atoms with Gasteiger partial charge in [-0.25, -0.2) is 4.98 Å². The van der Waals surface area contributed by atoms with Gasteiger partial charge in [0.2, 0.25) is 5.91 Å². The second kappa shape index (κ2) is 9.08. The number of nitrogens with zero attached hydrogens (tertiary/aromatic N) is 2. The van der Waals surface area contributed by atoms with Gasteiger partial charge in [-0.1, -0.05) is 44.2 Å². The minimum atomic E-state index is -0.342. The summed E-state index contributed by atoms with van der Waals surface area (Å²) in [7, 11) is 0. The van der Waals surface area contributed by atoms with Gasteiger partial charge >= 0.3 is 0 Å². The number of aromatic nitrogens is 3. The van der Waals surface area contributed by atoms with Crippen LogP contribution in [0.2, 0.25) is 0 Å². The summed E-state index contributed by atoms with van der Waals surface area (Å²) >= 11 is 0. The van der Waals surface area contributed by atoms with Crippen LogP contribution in [0.25, 0.3) is 11.4 Å². The Kier molecular flexibility index (Phi) is 6.32. The van der Waals surface area contributed by atoms with Crippen LogP contribution in [-0.2, 0) is 11.2 Å². The maximum Gasteiger partial charge on any atom is 0.251 e. The van der Waals surface area contributed by atoms with Crippen molar-refractivity contribution in [3.05, 3.63) is 82.5 Å². The molecule has 1 amide bonds. The number of nitrogens with one attached hydrogen (secondary N) is 2. The van der Waals surface area contributed by atoms with Gasteiger partial charge in [0.25, 0.3) is 5.56 Å². The summed E-state index contributed by atoms with van der Waals surface area (Å²) in [5.41, 5.74) is 2.19. The topological polar surface area (TPSA) is 87.7 Å². The summed E-state index contributed by atoms with van der Waals surface area (Å²) in [6.45, 7) is 3.99. The fourth-order valence-corrected chi connectivity index (χ4v) is 3.01. The number of benzene rings is 1. The first-order valence-electron chi connectivity index (χ1n) is 9.38. The molecule has 3 rings (SSSR count). The molecule has 0 saturated carbocycles. The normalized spacial score (nSPS) is 12.0. The molecule has 6 nitrogen and oxygen atoms in total. The van der Waals surface area contributed by atoms with Crippen molar-refractivity contribution in [3.63, 3.8) is 0 Å². The predicted molar refractivity (Wildman–Crippen MR) is 109 cm³/mol. The van der Waals surface area contributed by atoms with Gasteiger partial charge < -0.3 is 10.3 Å². The van der Waals surface area contributed by atoms with Crippen LogP contribution in [0.3, 0.4) is 0 Å². The Balaban J connectivity index is 1.77. The van der Waals surface area contributed by atoms with E-state index in [0.29, 0.717) is 24.4 Å². The zero-order chi connectivity index (χ0) is 19.9. The molecule has 0 aliphatic carbocycles. The van der Waals surface area contributed by atoms with E-state index in [0.717, 1.165) is 11.1 Å².